The van der Waals surface area contributed by atoms with E-state index >= 15 is 0 Å². The van der Waals surface area contributed by atoms with E-state index in [2.05, 4.69) is 9.97 Å². The summed E-state index contributed by atoms with van der Waals surface area (Å²) in [6.45, 7) is 0.621. The molecule has 1 unspecified atom stereocenters. The maximum absolute atomic E-state index is 13.1. The van der Waals surface area contributed by atoms with E-state index in [0.29, 0.717) is 6.47 Å². The van der Waals surface area contributed by atoms with Crippen molar-refractivity contribution in [3.05, 3.63) is 78.0 Å². The number of halogens is 1. The second kappa shape index (κ2) is 6.87. The zero-order valence-corrected chi connectivity index (χ0v) is 12.3. The number of nitrogens with one attached hydrogen (secondary N) is 1. The van der Waals surface area contributed by atoms with Crippen molar-refractivity contribution in [3.8, 4) is 11.3 Å². The van der Waals surface area contributed by atoms with E-state index in [1.165, 1.54) is 12.1 Å². The summed E-state index contributed by atoms with van der Waals surface area (Å²) in [6.07, 6.45) is 5.32. The van der Waals surface area contributed by atoms with Crippen LogP contribution >= 0.6 is 0 Å². The maximum atomic E-state index is 13.1. The van der Waals surface area contributed by atoms with Crippen LogP contribution in [-0.4, -0.2) is 23.0 Å². The average molecular weight is 310 g/mol. The summed E-state index contributed by atoms with van der Waals surface area (Å²) in [7, 11) is 0. The zero-order chi connectivity index (χ0) is 16.1. The lowest BCUT2D eigenvalue weighted by atomic mass is 9.93. The van der Waals surface area contributed by atoms with Gasteiger partial charge in [0, 0.05) is 35.8 Å². The number of aromatic amines is 1. The lowest BCUT2D eigenvalue weighted by molar-refractivity contribution is -0.128. The number of benzene rings is 1. The summed E-state index contributed by atoms with van der Waals surface area (Å²) in [5.41, 5.74) is 3.81. The quantitative estimate of drug-likeness (QED) is 0.709. The van der Waals surface area contributed by atoms with Gasteiger partial charge in [-0.15, -0.1) is 0 Å². The van der Waals surface area contributed by atoms with Gasteiger partial charge in [0.15, 0.2) is 0 Å². The van der Waals surface area contributed by atoms with Crippen molar-refractivity contribution < 1.29 is 13.9 Å². The second-order valence-corrected chi connectivity index (χ2v) is 5.12. The Labute approximate surface area is 133 Å². The van der Waals surface area contributed by atoms with Crippen LogP contribution in [0.25, 0.3) is 11.3 Å². The highest BCUT2D eigenvalue weighted by atomic mass is 19.1. The summed E-state index contributed by atoms with van der Waals surface area (Å²) in [6, 6.07) is 12.0. The normalized spacial score (nSPS) is 11.9. The number of ether oxygens (including phenoxy) is 1. The minimum atomic E-state index is -0.296. The largest absolute Gasteiger partial charge is 0.467 e. The van der Waals surface area contributed by atoms with Gasteiger partial charge in [0.05, 0.1) is 0 Å². The van der Waals surface area contributed by atoms with Gasteiger partial charge in [-0.3, -0.25) is 9.78 Å². The first-order chi connectivity index (χ1) is 11.3. The minimum absolute atomic E-state index is 0.160. The fraction of sp³-hybridized carbons (Fsp3) is 0.111. The van der Waals surface area contributed by atoms with Crippen LogP contribution in [0.15, 0.2) is 61.1 Å². The molecule has 3 rings (SSSR count). The van der Waals surface area contributed by atoms with Crippen LogP contribution in [0.1, 0.15) is 17.0 Å². The van der Waals surface area contributed by atoms with Crippen LogP contribution in [0.2, 0.25) is 0 Å². The molecule has 4 nitrogen and oxygen atoms in total. The summed E-state index contributed by atoms with van der Waals surface area (Å²) in [5, 5.41) is 0. The summed E-state index contributed by atoms with van der Waals surface area (Å²) in [5.74, 6) is -0.456. The highest BCUT2D eigenvalue weighted by molar-refractivity contribution is 5.60. The number of hydrogen-bond donors (Lipinski definition) is 1. The van der Waals surface area contributed by atoms with E-state index in [4.69, 9.17) is 4.74 Å². The predicted octanol–water partition coefficient (Wildman–Crippen LogP) is 3.52. The Balaban J connectivity index is 1.92. The van der Waals surface area contributed by atoms with E-state index in [1.807, 2.05) is 24.4 Å². The van der Waals surface area contributed by atoms with Crippen LogP contribution in [0.3, 0.4) is 0 Å². The van der Waals surface area contributed by atoms with Gasteiger partial charge in [-0.2, -0.15) is 0 Å². The third kappa shape index (κ3) is 3.45. The molecule has 0 fully saturated rings. The molecule has 23 heavy (non-hydrogen) atoms. The third-order valence-electron chi connectivity index (χ3n) is 3.70. The Morgan fingerprint density at radius 1 is 1.13 bits per heavy atom. The molecule has 0 saturated heterocycles. The van der Waals surface area contributed by atoms with Crippen LogP contribution in [-0.2, 0) is 9.53 Å². The van der Waals surface area contributed by atoms with Crippen molar-refractivity contribution in [1.82, 2.24) is 9.97 Å². The molecular weight excluding hydrogens is 295 g/mol. The highest BCUT2D eigenvalue weighted by Crippen LogP contribution is 2.28. The van der Waals surface area contributed by atoms with Crippen molar-refractivity contribution in [2.24, 2.45) is 0 Å². The molecule has 3 aromatic rings. The van der Waals surface area contributed by atoms with Gasteiger partial charge in [0.25, 0.3) is 6.47 Å². The molecule has 116 valence electrons. The summed E-state index contributed by atoms with van der Waals surface area (Å²) in [4.78, 5) is 17.8. The predicted molar refractivity (Wildman–Crippen MR) is 84.3 cm³/mol. The fourth-order valence-corrected chi connectivity index (χ4v) is 2.53. The summed E-state index contributed by atoms with van der Waals surface area (Å²) >= 11 is 0. The first-order valence-electron chi connectivity index (χ1n) is 7.17. The Morgan fingerprint density at radius 3 is 2.57 bits per heavy atom. The number of carbonyl (C=O) groups excluding carboxylic acids is 1. The molecule has 0 aliphatic heterocycles. The number of aromatic nitrogens is 2. The number of rotatable bonds is 6. The first kappa shape index (κ1) is 15.0. The molecule has 0 aliphatic carbocycles. The molecule has 0 amide bonds. The Kier molecular flexibility index (Phi) is 4.47. The van der Waals surface area contributed by atoms with Gasteiger partial charge in [0.2, 0.25) is 0 Å². The van der Waals surface area contributed by atoms with E-state index in [1.54, 1.807) is 24.5 Å². The van der Waals surface area contributed by atoms with Crippen LogP contribution < -0.4 is 0 Å². The number of H-pyrrole nitrogens is 1. The number of nitrogens with zero attached hydrogens (tertiary/aromatic N) is 1. The first-order valence-corrected chi connectivity index (χ1v) is 7.17. The Bertz CT molecular complexity index is 769. The Morgan fingerprint density at radius 2 is 1.87 bits per heavy atom. The van der Waals surface area contributed by atoms with Crippen LogP contribution in [0, 0.1) is 5.82 Å². The molecule has 0 bridgehead atoms. The molecule has 1 atom stereocenters. The molecule has 0 aliphatic rings. The third-order valence-corrected chi connectivity index (χ3v) is 3.70. The molecule has 2 aromatic heterocycles. The molecule has 1 aromatic carbocycles. The smallest absolute Gasteiger partial charge is 0.293 e. The monoisotopic (exact) mass is 310 g/mol. The van der Waals surface area contributed by atoms with Crippen molar-refractivity contribution in [1.29, 1.82) is 0 Å². The van der Waals surface area contributed by atoms with Gasteiger partial charge in [-0.05, 0) is 41.5 Å². The van der Waals surface area contributed by atoms with Crippen LogP contribution in [0.5, 0.6) is 0 Å². The van der Waals surface area contributed by atoms with E-state index < -0.39 is 0 Å². The standard InChI is InChI=1S/C18H15FN2O2/c19-16-3-1-13(2-4-16)17(11-23-12-22)15-9-18(21-10-15)14-5-7-20-8-6-14/h1-10,12,17,21H,11H2. The minimum Gasteiger partial charge on any atom is -0.467 e. The maximum Gasteiger partial charge on any atom is 0.293 e. The van der Waals surface area contributed by atoms with Crippen molar-refractivity contribution >= 4 is 6.47 Å². The number of carbonyl (C=O) groups is 1. The average Bonchev–Trinajstić information content (AvgIpc) is 3.07. The molecule has 0 radical (unpaired) electrons. The number of pyridine rings is 1. The zero-order valence-electron chi connectivity index (χ0n) is 12.3. The van der Waals surface area contributed by atoms with Gasteiger partial charge >= 0.3 is 0 Å². The Hall–Kier alpha value is -2.95. The molecule has 0 spiro atoms. The lowest BCUT2D eigenvalue weighted by Crippen LogP contribution is -2.08. The SMILES string of the molecule is O=COCC(c1ccc(F)cc1)c1c[nH]c(-c2ccncc2)c1. The molecular formula is C18H15FN2O2. The van der Waals surface area contributed by atoms with E-state index in [-0.39, 0.29) is 18.3 Å². The van der Waals surface area contributed by atoms with Crippen LogP contribution in [0.4, 0.5) is 4.39 Å². The van der Waals surface area contributed by atoms with Gasteiger partial charge in [-0.1, -0.05) is 12.1 Å². The molecule has 0 saturated carbocycles. The van der Waals surface area contributed by atoms with Gasteiger partial charge in [0.1, 0.15) is 12.4 Å². The number of hydrogen-bond acceptors (Lipinski definition) is 3. The van der Waals surface area contributed by atoms with Crippen molar-refractivity contribution in [3.63, 3.8) is 0 Å². The lowest BCUT2D eigenvalue weighted by Gasteiger charge is -2.15. The molecule has 2 heterocycles. The second-order valence-electron chi connectivity index (χ2n) is 5.12. The van der Waals surface area contributed by atoms with Crippen molar-refractivity contribution in [2.45, 2.75) is 5.92 Å². The van der Waals surface area contributed by atoms with Gasteiger partial charge in [-0.25, -0.2) is 4.39 Å². The highest BCUT2D eigenvalue weighted by Gasteiger charge is 2.17. The molecule has 5 heteroatoms. The fourth-order valence-electron chi connectivity index (χ4n) is 2.53. The summed E-state index contributed by atoms with van der Waals surface area (Å²) < 4.78 is 18.1. The van der Waals surface area contributed by atoms with Gasteiger partial charge < -0.3 is 9.72 Å². The molecule has 1 N–H and O–H groups in total. The van der Waals surface area contributed by atoms with E-state index in [9.17, 15) is 9.18 Å². The van der Waals surface area contributed by atoms with Crippen molar-refractivity contribution in [2.75, 3.05) is 6.61 Å². The topological polar surface area (TPSA) is 55.0 Å². The van der Waals surface area contributed by atoms with E-state index in [0.717, 1.165) is 22.4 Å².